The van der Waals surface area contributed by atoms with Gasteiger partial charge < -0.3 is 4.90 Å². The third-order valence-corrected chi connectivity index (χ3v) is 4.87. The molecule has 0 saturated heterocycles. The number of carbonyl (C=O) groups excluding carboxylic acids is 1. The molecule has 0 saturated carbocycles. The molecule has 2 heterocycles. The molecule has 2 heteroatoms. The van der Waals surface area contributed by atoms with Crippen molar-refractivity contribution >= 4 is 5.91 Å². The maximum Gasteiger partial charge on any atom is 0.255 e. The van der Waals surface area contributed by atoms with Gasteiger partial charge in [-0.2, -0.15) is 0 Å². The summed E-state index contributed by atoms with van der Waals surface area (Å²) in [4.78, 5) is 14.6. The van der Waals surface area contributed by atoms with Crippen LogP contribution in [0, 0.1) is 5.92 Å². The van der Waals surface area contributed by atoms with E-state index in [1.807, 2.05) is 18.2 Å². The van der Waals surface area contributed by atoms with Crippen LogP contribution in [-0.2, 0) is 0 Å². The molecule has 2 aliphatic heterocycles. The van der Waals surface area contributed by atoms with Gasteiger partial charge in [0.1, 0.15) is 0 Å². The van der Waals surface area contributed by atoms with Gasteiger partial charge in [-0.25, -0.2) is 0 Å². The van der Waals surface area contributed by atoms with E-state index in [-0.39, 0.29) is 18.0 Å². The van der Waals surface area contributed by atoms with E-state index in [2.05, 4.69) is 38.7 Å². The fourth-order valence-electron chi connectivity index (χ4n) is 3.43. The zero-order chi connectivity index (χ0) is 13.0. The maximum absolute atomic E-state index is 12.5. The molecule has 1 amide bonds. The van der Waals surface area contributed by atoms with Crippen LogP contribution in [0.5, 0.6) is 0 Å². The van der Waals surface area contributed by atoms with Crippen molar-refractivity contribution in [3.63, 3.8) is 0 Å². The van der Waals surface area contributed by atoms with Gasteiger partial charge in [-0.3, -0.25) is 4.79 Å². The predicted octanol–water partition coefficient (Wildman–Crippen LogP) is 3.56. The molecule has 3 rings (SSSR count). The third-order valence-electron chi connectivity index (χ3n) is 4.87. The van der Waals surface area contributed by atoms with E-state index in [1.54, 1.807) is 0 Å². The number of hydrogen-bond donors (Lipinski definition) is 0. The summed E-state index contributed by atoms with van der Waals surface area (Å²) in [6, 6.07) is 8.50. The topological polar surface area (TPSA) is 20.3 Å². The predicted molar refractivity (Wildman–Crippen MR) is 72.4 cm³/mol. The molecule has 0 aliphatic carbocycles. The minimum Gasteiger partial charge on any atom is -0.325 e. The van der Waals surface area contributed by atoms with Crippen LogP contribution >= 0.6 is 0 Å². The van der Waals surface area contributed by atoms with Crippen LogP contribution in [-0.4, -0.2) is 16.8 Å². The summed E-state index contributed by atoms with van der Waals surface area (Å²) in [5, 5.41) is 0. The molecule has 0 radical (unpaired) electrons. The van der Waals surface area contributed by atoms with Gasteiger partial charge in [0.15, 0.2) is 0 Å². The fourth-order valence-corrected chi connectivity index (χ4v) is 3.43. The van der Waals surface area contributed by atoms with Gasteiger partial charge in [0, 0.05) is 11.5 Å². The molecule has 3 unspecified atom stereocenters. The molecule has 1 aromatic rings. The number of benzene rings is 1. The lowest BCUT2D eigenvalue weighted by Crippen LogP contribution is -2.43. The van der Waals surface area contributed by atoms with Crippen molar-refractivity contribution in [1.82, 2.24) is 4.90 Å². The van der Waals surface area contributed by atoms with E-state index in [0.717, 1.165) is 5.56 Å². The molecule has 94 valence electrons. The zero-order valence-corrected chi connectivity index (χ0v) is 11.4. The number of carbonyl (C=O) groups is 1. The molecule has 0 spiro atoms. The lowest BCUT2D eigenvalue weighted by Gasteiger charge is -2.41. The normalized spacial score (nSPS) is 30.6. The van der Waals surface area contributed by atoms with E-state index in [1.165, 1.54) is 16.7 Å². The van der Waals surface area contributed by atoms with Gasteiger partial charge >= 0.3 is 0 Å². The summed E-state index contributed by atoms with van der Waals surface area (Å²) in [5.74, 6) is 0.607. The Morgan fingerprint density at radius 3 is 2.44 bits per heavy atom. The lowest BCUT2D eigenvalue weighted by atomic mass is 9.81. The van der Waals surface area contributed by atoms with Gasteiger partial charge in [-0.05, 0) is 32.4 Å². The Balaban J connectivity index is 2.20. The molecule has 0 aromatic heterocycles. The molecule has 0 N–H and O–H groups in total. The first kappa shape index (κ1) is 11.5. The first-order valence-electron chi connectivity index (χ1n) is 6.63. The third kappa shape index (κ3) is 1.26. The molecule has 1 aromatic carbocycles. The molecule has 3 atom stereocenters. The molecule has 0 fully saturated rings. The minimum absolute atomic E-state index is 0.196. The Morgan fingerprint density at radius 2 is 1.72 bits per heavy atom. The van der Waals surface area contributed by atoms with Crippen LogP contribution < -0.4 is 0 Å². The van der Waals surface area contributed by atoms with Gasteiger partial charge in [0.2, 0.25) is 0 Å². The highest BCUT2D eigenvalue weighted by molar-refractivity contribution is 5.99. The van der Waals surface area contributed by atoms with Gasteiger partial charge in [0.05, 0.1) is 12.1 Å². The summed E-state index contributed by atoms with van der Waals surface area (Å²) in [6.07, 6.45) is 0. The SMILES string of the molecule is CC1=C(C)C(C)N2C(=O)c3ccccc3C2C1C. The van der Waals surface area contributed by atoms with Crippen LogP contribution in [0.4, 0.5) is 0 Å². The number of rotatable bonds is 0. The average Bonchev–Trinajstić information content (AvgIpc) is 2.68. The van der Waals surface area contributed by atoms with Crippen LogP contribution in [0.15, 0.2) is 35.4 Å². The number of hydrogen-bond acceptors (Lipinski definition) is 1. The Labute approximate surface area is 108 Å². The lowest BCUT2D eigenvalue weighted by molar-refractivity contribution is 0.0602. The van der Waals surface area contributed by atoms with Crippen molar-refractivity contribution in [3.8, 4) is 0 Å². The smallest absolute Gasteiger partial charge is 0.255 e. The van der Waals surface area contributed by atoms with Crippen molar-refractivity contribution in [1.29, 1.82) is 0 Å². The summed E-state index contributed by atoms with van der Waals surface area (Å²) in [6.45, 7) is 8.74. The monoisotopic (exact) mass is 241 g/mol. The molecule has 2 nitrogen and oxygen atoms in total. The van der Waals surface area contributed by atoms with Crippen molar-refractivity contribution < 1.29 is 4.79 Å². The van der Waals surface area contributed by atoms with E-state index >= 15 is 0 Å². The van der Waals surface area contributed by atoms with Crippen LogP contribution in [0.2, 0.25) is 0 Å². The highest BCUT2D eigenvalue weighted by Gasteiger charge is 2.45. The first-order valence-corrected chi connectivity index (χ1v) is 6.63. The van der Waals surface area contributed by atoms with Gasteiger partial charge in [0.25, 0.3) is 5.91 Å². The van der Waals surface area contributed by atoms with Crippen LogP contribution in [0.3, 0.4) is 0 Å². The average molecular weight is 241 g/mol. The summed E-state index contributed by atoms with van der Waals surface area (Å²) < 4.78 is 0. The molecule has 0 bridgehead atoms. The van der Waals surface area contributed by atoms with Crippen molar-refractivity contribution in [2.45, 2.75) is 39.8 Å². The molecular weight excluding hydrogens is 222 g/mol. The number of fused-ring (bicyclic) bond motifs is 3. The van der Waals surface area contributed by atoms with Gasteiger partial charge in [-0.15, -0.1) is 0 Å². The van der Waals surface area contributed by atoms with E-state index in [4.69, 9.17) is 0 Å². The molecule has 18 heavy (non-hydrogen) atoms. The van der Waals surface area contributed by atoms with Gasteiger partial charge in [-0.1, -0.05) is 36.3 Å². The van der Waals surface area contributed by atoms with Crippen LogP contribution in [0.25, 0.3) is 0 Å². The zero-order valence-electron chi connectivity index (χ0n) is 11.4. The second kappa shape index (κ2) is 3.71. The van der Waals surface area contributed by atoms with Crippen molar-refractivity contribution in [2.24, 2.45) is 5.92 Å². The Hall–Kier alpha value is -1.57. The van der Waals surface area contributed by atoms with Crippen LogP contribution in [0.1, 0.15) is 49.7 Å². The summed E-state index contributed by atoms with van der Waals surface area (Å²) >= 11 is 0. The highest BCUT2D eigenvalue weighted by Crippen LogP contribution is 2.47. The van der Waals surface area contributed by atoms with E-state index in [0.29, 0.717) is 5.92 Å². The fraction of sp³-hybridized carbons (Fsp3) is 0.438. The summed E-state index contributed by atoms with van der Waals surface area (Å²) in [7, 11) is 0. The van der Waals surface area contributed by atoms with Crippen molar-refractivity contribution in [2.75, 3.05) is 0 Å². The second-order valence-electron chi connectivity index (χ2n) is 5.58. The Morgan fingerprint density at radius 1 is 1.06 bits per heavy atom. The van der Waals surface area contributed by atoms with E-state index < -0.39 is 0 Å². The molecule has 2 aliphatic rings. The molecular formula is C16H19NO. The van der Waals surface area contributed by atoms with Crippen molar-refractivity contribution in [3.05, 3.63) is 46.5 Å². The first-order chi connectivity index (χ1) is 8.54. The quantitative estimate of drug-likeness (QED) is 0.636. The number of nitrogens with zero attached hydrogens (tertiary/aromatic N) is 1. The highest BCUT2D eigenvalue weighted by atomic mass is 16.2. The Kier molecular flexibility index (Phi) is 2.37. The summed E-state index contributed by atoms with van der Waals surface area (Å²) in [5.41, 5.74) is 4.88. The Bertz CT molecular complexity index is 558. The standard InChI is InChI=1S/C16H19NO/c1-9-10(2)12(4)17-15(11(9)3)13-7-5-6-8-14(13)16(17)18/h5-8,11-12,15H,1-4H3. The largest absolute Gasteiger partial charge is 0.325 e. The maximum atomic E-state index is 12.5. The number of amides is 1. The minimum atomic E-state index is 0.196. The van der Waals surface area contributed by atoms with E-state index in [9.17, 15) is 4.79 Å². The second-order valence-corrected chi connectivity index (χ2v) is 5.58.